The van der Waals surface area contributed by atoms with Crippen molar-refractivity contribution < 1.29 is 14.5 Å². The first-order valence-electron chi connectivity index (χ1n) is 7.24. The number of aromatic nitrogens is 2. The van der Waals surface area contributed by atoms with Gasteiger partial charge in [0.1, 0.15) is 24.7 Å². The Kier molecular flexibility index (Phi) is 5.75. The molecule has 0 aliphatic heterocycles. The molecule has 0 aliphatic carbocycles. The molecule has 0 saturated heterocycles. The normalized spacial score (nSPS) is 10.7. The van der Waals surface area contributed by atoms with E-state index >= 15 is 0 Å². The van der Waals surface area contributed by atoms with E-state index in [2.05, 4.69) is 10.4 Å². The number of anilines is 1. The second kappa shape index (κ2) is 7.78. The molecule has 0 aliphatic rings. The van der Waals surface area contributed by atoms with E-state index in [9.17, 15) is 14.9 Å². The number of hydrogen-bond acceptors (Lipinski definition) is 5. The number of halogens is 1. The molecule has 24 heavy (non-hydrogen) atoms. The second-order valence-corrected chi connectivity index (χ2v) is 5.96. The molecule has 1 amide bonds. The van der Waals surface area contributed by atoms with Crippen LogP contribution in [0.15, 0.2) is 30.6 Å². The highest BCUT2D eigenvalue weighted by molar-refractivity contribution is 6.32. The van der Waals surface area contributed by atoms with Gasteiger partial charge in [-0.25, -0.2) is 0 Å². The maximum absolute atomic E-state index is 12.0. The van der Waals surface area contributed by atoms with Crippen LogP contribution in [0.1, 0.15) is 13.8 Å². The van der Waals surface area contributed by atoms with E-state index in [1.807, 2.05) is 13.8 Å². The van der Waals surface area contributed by atoms with E-state index in [0.29, 0.717) is 29.0 Å². The summed E-state index contributed by atoms with van der Waals surface area (Å²) in [4.78, 5) is 22.0. The number of benzene rings is 1. The summed E-state index contributed by atoms with van der Waals surface area (Å²) in [6, 6.07) is 4.94. The quantitative estimate of drug-likeness (QED) is 0.609. The second-order valence-electron chi connectivity index (χ2n) is 5.55. The zero-order chi connectivity index (χ0) is 17.7. The van der Waals surface area contributed by atoms with E-state index < -0.39 is 4.92 Å². The molecule has 128 valence electrons. The van der Waals surface area contributed by atoms with Gasteiger partial charge in [-0.2, -0.15) is 5.10 Å². The molecular weight excluding hydrogens is 336 g/mol. The lowest BCUT2D eigenvalue weighted by Crippen LogP contribution is -2.19. The van der Waals surface area contributed by atoms with Gasteiger partial charge in [0.2, 0.25) is 5.91 Å². The monoisotopic (exact) mass is 352 g/mol. The van der Waals surface area contributed by atoms with Crippen molar-refractivity contribution in [3.8, 4) is 5.75 Å². The minimum atomic E-state index is -0.572. The van der Waals surface area contributed by atoms with Crippen molar-refractivity contribution >= 4 is 28.9 Å². The predicted octanol–water partition coefficient (Wildman–Crippen LogP) is 3.12. The van der Waals surface area contributed by atoms with Gasteiger partial charge < -0.3 is 10.1 Å². The van der Waals surface area contributed by atoms with Gasteiger partial charge in [-0.3, -0.25) is 19.6 Å². The third kappa shape index (κ3) is 4.95. The molecule has 9 heteroatoms. The van der Waals surface area contributed by atoms with Crippen molar-refractivity contribution in [3.63, 3.8) is 0 Å². The lowest BCUT2D eigenvalue weighted by atomic mass is 10.2. The Morgan fingerprint density at radius 1 is 1.50 bits per heavy atom. The molecule has 2 rings (SSSR count). The first kappa shape index (κ1) is 17.7. The Labute approximate surface area is 143 Å². The Morgan fingerprint density at radius 3 is 2.83 bits per heavy atom. The lowest BCUT2D eigenvalue weighted by molar-refractivity contribution is -0.385. The van der Waals surface area contributed by atoms with Crippen LogP contribution in [0.2, 0.25) is 5.02 Å². The van der Waals surface area contributed by atoms with Gasteiger partial charge in [-0.05, 0) is 24.1 Å². The molecule has 0 unspecified atom stereocenters. The molecule has 0 spiro atoms. The third-order valence-corrected chi connectivity index (χ3v) is 3.22. The maximum atomic E-state index is 12.0. The molecular formula is C15H17ClN4O4. The standard InChI is InChI=1S/C15H17ClN4O4/c1-10(2)9-24-14-4-3-11(5-13(14)16)18-15(21)8-19-7-12(6-17-19)20(22)23/h3-7,10H,8-9H2,1-2H3,(H,18,21). The summed E-state index contributed by atoms with van der Waals surface area (Å²) in [5.41, 5.74) is 0.334. The summed E-state index contributed by atoms with van der Waals surface area (Å²) in [6.07, 6.45) is 2.28. The van der Waals surface area contributed by atoms with Crippen molar-refractivity contribution in [1.82, 2.24) is 9.78 Å². The van der Waals surface area contributed by atoms with E-state index in [4.69, 9.17) is 16.3 Å². The number of nitro groups is 1. The first-order chi connectivity index (χ1) is 11.3. The van der Waals surface area contributed by atoms with Crippen LogP contribution in [0.4, 0.5) is 11.4 Å². The fourth-order valence-electron chi connectivity index (χ4n) is 1.83. The zero-order valence-corrected chi connectivity index (χ0v) is 14.0. The van der Waals surface area contributed by atoms with Gasteiger partial charge in [0.15, 0.2) is 0 Å². The predicted molar refractivity (Wildman–Crippen MR) is 89.3 cm³/mol. The molecule has 8 nitrogen and oxygen atoms in total. The number of carbonyl (C=O) groups is 1. The molecule has 1 aromatic carbocycles. The van der Waals surface area contributed by atoms with Crippen LogP contribution >= 0.6 is 11.6 Å². The Balaban J connectivity index is 1.95. The van der Waals surface area contributed by atoms with Crippen LogP contribution in [0.3, 0.4) is 0 Å². The summed E-state index contributed by atoms with van der Waals surface area (Å²) in [5, 5.41) is 17.4. The number of ether oxygens (including phenoxy) is 1. The fraction of sp³-hybridized carbons (Fsp3) is 0.333. The molecule has 1 aromatic heterocycles. The summed E-state index contributed by atoms with van der Waals surface area (Å²) in [6.45, 7) is 4.46. The van der Waals surface area contributed by atoms with Gasteiger partial charge in [-0.15, -0.1) is 0 Å². The summed E-state index contributed by atoms with van der Waals surface area (Å²) >= 11 is 6.13. The SMILES string of the molecule is CC(C)COc1ccc(NC(=O)Cn2cc([N+](=O)[O-])cn2)cc1Cl. The molecule has 0 bridgehead atoms. The molecule has 2 aromatic rings. The molecule has 0 saturated carbocycles. The third-order valence-electron chi connectivity index (χ3n) is 2.92. The van der Waals surface area contributed by atoms with Gasteiger partial charge in [0, 0.05) is 5.69 Å². The highest BCUT2D eigenvalue weighted by Gasteiger charge is 2.12. The van der Waals surface area contributed by atoms with E-state index in [-0.39, 0.29) is 18.1 Å². The average Bonchev–Trinajstić information content (AvgIpc) is 2.94. The molecule has 1 heterocycles. The number of nitrogens with one attached hydrogen (secondary N) is 1. The van der Waals surface area contributed by atoms with E-state index in [1.54, 1.807) is 18.2 Å². The summed E-state index contributed by atoms with van der Waals surface area (Å²) in [7, 11) is 0. The Hall–Kier alpha value is -2.61. The lowest BCUT2D eigenvalue weighted by Gasteiger charge is -2.12. The van der Waals surface area contributed by atoms with Crippen LogP contribution < -0.4 is 10.1 Å². The average molecular weight is 353 g/mol. The van der Waals surface area contributed by atoms with E-state index in [1.165, 1.54) is 10.9 Å². The van der Waals surface area contributed by atoms with Crippen molar-refractivity contribution in [2.24, 2.45) is 5.92 Å². The highest BCUT2D eigenvalue weighted by atomic mass is 35.5. The maximum Gasteiger partial charge on any atom is 0.307 e. The Morgan fingerprint density at radius 2 is 2.25 bits per heavy atom. The van der Waals surface area contributed by atoms with Crippen LogP contribution in [0.25, 0.3) is 0 Å². The van der Waals surface area contributed by atoms with E-state index in [0.717, 1.165) is 6.20 Å². The minimum absolute atomic E-state index is 0.142. The van der Waals surface area contributed by atoms with Gasteiger partial charge in [0.05, 0.1) is 16.6 Å². The smallest absolute Gasteiger partial charge is 0.307 e. The molecule has 1 N–H and O–H groups in total. The highest BCUT2D eigenvalue weighted by Crippen LogP contribution is 2.28. The fourth-order valence-corrected chi connectivity index (χ4v) is 2.07. The van der Waals surface area contributed by atoms with Crippen molar-refractivity contribution in [2.45, 2.75) is 20.4 Å². The number of amides is 1. The van der Waals surface area contributed by atoms with Crippen molar-refractivity contribution in [2.75, 3.05) is 11.9 Å². The number of rotatable bonds is 7. The van der Waals surface area contributed by atoms with Crippen LogP contribution in [-0.4, -0.2) is 27.2 Å². The van der Waals surface area contributed by atoms with Crippen molar-refractivity contribution in [3.05, 3.63) is 45.7 Å². The van der Waals surface area contributed by atoms with Gasteiger partial charge in [0.25, 0.3) is 0 Å². The zero-order valence-electron chi connectivity index (χ0n) is 13.2. The van der Waals surface area contributed by atoms with Gasteiger partial charge >= 0.3 is 5.69 Å². The number of hydrogen-bond donors (Lipinski definition) is 1. The summed E-state index contributed by atoms with van der Waals surface area (Å²) in [5.74, 6) is 0.546. The topological polar surface area (TPSA) is 99.3 Å². The largest absolute Gasteiger partial charge is 0.492 e. The summed E-state index contributed by atoms with van der Waals surface area (Å²) < 4.78 is 6.75. The molecule has 0 fully saturated rings. The molecule has 0 radical (unpaired) electrons. The van der Waals surface area contributed by atoms with Crippen LogP contribution in [-0.2, 0) is 11.3 Å². The first-order valence-corrected chi connectivity index (χ1v) is 7.62. The number of nitrogens with zero attached hydrogens (tertiary/aromatic N) is 3. The number of carbonyl (C=O) groups excluding carboxylic acids is 1. The van der Waals surface area contributed by atoms with Crippen LogP contribution in [0, 0.1) is 16.0 Å². The molecule has 0 atom stereocenters. The van der Waals surface area contributed by atoms with Crippen molar-refractivity contribution in [1.29, 1.82) is 0 Å². The van der Waals surface area contributed by atoms with Gasteiger partial charge in [-0.1, -0.05) is 25.4 Å². The minimum Gasteiger partial charge on any atom is -0.492 e. The Bertz CT molecular complexity index is 745. The van der Waals surface area contributed by atoms with Crippen LogP contribution in [0.5, 0.6) is 5.75 Å².